The van der Waals surface area contributed by atoms with Crippen molar-refractivity contribution in [3.63, 3.8) is 0 Å². The average Bonchev–Trinajstić information content (AvgIpc) is 3.29. The van der Waals surface area contributed by atoms with Gasteiger partial charge in [-0.3, -0.25) is 4.79 Å². The van der Waals surface area contributed by atoms with E-state index in [0.29, 0.717) is 5.71 Å². The van der Waals surface area contributed by atoms with Gasteiger partial charge in [0.15, 0.2) is 0 Å². The predicted molar refractivity (Wildman–Crippen MR) is 75.8 cm³/mol. The first kappa shape index (κ1) is 14.7. The first-order valence-electron chi connectivity index (χ1n) is 6.32. The summed E-state index contributed by atoms with van der Waals surface area (Å²) in [4.78, 5) is 11.7. The number of amides is 1. The average molecular weight is 295 g/mol. The zero-order valence-corrected chi connectivity index (χ0v) is 12.2. The van der Waals surface area contributed by atoms with Gasteiger partial charge in [0.25, 0.3) is 0 Å². The lowest BCUT2D eigenvalue weighted by Gasteiger charge is -2.05. The van der Waals surface area contributed by atoms with E-state index in [1.807, 2.05) is 0 Å². The molecular weight excluding hydrogens is 278 g/mol. The van der Waals surface area contributed by atoms with Crippen molar-refractivity contribution in [1.29, 1.82) is 0 Å². The molecule has 1 aromatic rings. The Morgan fingerprint density at radius 3 is 2.35 bits per heavy atom. The first-order chi connectivity index (χ1) is 9.44. The minimum absolute atomic E-state index is 0.0567. The van der Waals surface area contributed by atoms with E-state index in [1.165, 1.54) is 19.2 Å². The number of benzene rings is 1. The van der Waals surface area contributed by atoms with Gasteiger partial charge < -0.3 is 0 Å². The summed E-state index contributed by atoms with van der Waals surface area (Å²) >= 11 is 0. The molecule has 1 fully saturated rings. The van der Waals surface area contributed by atoms with Gasteiger partial charge in [-0.2, -0.15) is 5.10 Å². The molecule has 2 rings (SSSR count). The highest BCUT2D eigenvalue weighted by Gasteiger charge is 2.29. The molecule has 0 saturated heterocycles. The second kappa shape index (κ2) is 5.72. The fraction of sp³-hybridized carbons (Fsp3) is 0.385. The maximum atomic E-state index is 11.6. The molecule has 1 amide bonds. The van der Waals surface area contributed by atoms with Crippen molar-refractivity contribution in [2.24, 2.45) is 11.0 Å². The number of sulfonamides is 1. The Morgan fingerprint density at radius 2 is 1.85 bits per heavy atom. The molecule has 0 spiro atoms. The Morgan fingerprint density at radius 1 is 1.25 bits per heavy atom. The SMILES string of the molecule is CNS(=O)(=O)c1ccc(/C(C)=N\NC(=O)C2CC2)cc1. The van der Waals surface area contributed by atoms with Crippen molar-refractivity contribution >= 4 is 21.6 Å². The van der Waals surface area contributed by atoms with Gasteiger partial charge in [-0.1, -0.05) is 12.1 Å². The molecule has 2 N–H and O–H groups in total. The lowest BCUT2D eigenvalue weighted by Crippen LogP contribution is -2.21. The number of hydrogen-bond donors (Lipinski definition) is 2. The van der Waals surface area contributed by atoms with Crippen LogP contribution in [0, 0.1) is 5.92 Å². The molecular formula is C13H17N3O3S. The number of carbonyl (C=O) groups excluding carboxylic acids is 1. The normalized spacial score (nSPS) is 16.0. The smallest absolute Gasteiger partial charge is 0.243 e. The summed E-state index contributed by atoms with van der Waals surface area (Å²) in [5, 5.41) is 4.02. The van der Waals surface area contributed by atoms with Gasteiger partial charge in [0.1, 0.15) is 0 Å². The van der Waals surface area contributed by atoms with Crippen LogP contribution in [0.5, 0.6) is 0 Å². The molecule has 0 bridgehead atoms. The lowest BCUT2D eigenvalue weighted by molar-refractivity contribution is -0.122. The highest BCUT2D eigenvalue weighted by molar-refractivity contribution is 7.89. The van der Waals surface area contributed by atoms with Crippen LogP contribution in [-0.2, 0) is 14.8 Å². The number of rotatable bonds is 5. The van der Waals surface area contributed by atoms with Gasteiger partial charge >= 0.3 is 0 Å². The second-order valence-electron chi connectivity index (χ2n) is 4.68. The van der Waals surface area contributed by atoms with E-state index in [1.54, 1.807) is 19.1 Å². The Balaban J connectivity index is 2.08. The Labute approximate surface area is 118 Å². The largest absolute Gasteiger partial charge is 0.273 e. The second-order valence-corrected chi connectivity index (χ2v) is 6.57. The monoisotopic (exact) mass is 295 g/mol. The maximum absolute atomic E-state index is 11.6. The summed E-state index contributed by atoms with van der Waals surface area (Å²) in [6, 6.07) is 6.32. The van der Waals surface area contributed by atoms with Crippen LogP contribution in [-0.4, -0.2) is 27.1 Å². The third kappa shape index (κ3) is 3.43. The predicted octanol–water partition coefficient (Wildman–Crippen LogP) is 0.845. The van der Waals surface area contributed by atoms with Gasteiger partial charge in [0.05, 0.1) is 10.6 Å². The molecule has 0 radical (unpaired) electrons. The van der Waals surface area contributed by atoms with Crippen molar-refractivity contribution in [2.75, 3.05) is 7.05 Å². The molecule has 0 aromatic heterocycles. The van der Waals surface area contributed by atoms with E-state index in [9.17, 15) is 13.2 Å². The van der Waals surface area contributed by atoms with Crippen molar-refractivity contribution in [3.8, 4) is 0 Å². The van der Waals surface area contributed by atoms with E-state index in [2.05, 4.69) is 15.2 Å². The van der Waals surface area contributed by atoms with Crippen LogP contribution in [0.25, 0.3) is 0 Å². The maximum Gasteiger partial charge on any atom is 0.243 e. The van der Waals surface area contributed by atoms with Crippen molar-refractivity contribution in [2.45, 2.75) is 24.7 Å². The lowest BCUT2D eigenvalue weighted by atomic mass is 10.1. The standard InChI is InChI=1S/C13H17N3O3S/c1-9(15-16-13(17)11-3-4-11)10-5-7-12(8-6-10)20(18,19)14-2/h5-8,11,14H,3-4H2,1-2H3,(H,16,17)/b15-9-. The highest BCUT2D eigenvalue weighted by Crippen LogP contribution is 2.28. The van der Waals surface area contributed by atoms with Crippen molar-refractivity contribution in [3.05, 3.63) is 29.8 Å². The molecule has 1 saturated carbocycles. The van der Waals surface area contributed by atoms with Crippen molar-refractivity contribution in [1.82, 2.24) is 10.1 Å². The number of hydrazone groups is 1. The molecule has 108 valence electrons. The van der Waals surface area contributed by atoms with Gasteiger partial charge in [0.2, 0.25) is 15.9 Å². The number of nitrogens with zero attached hydrogens (tertiary/aromatic N) is 1. The van der Waals surface area contributed by atoms with E-state index >= 15 is 0 Å². The van der Waals surface area contributed by atoms with Gasteiger partial charge in [0, 0.05) is 5.92 Å². The molecule has 7 heteroatoms. The van der Waals surface area contributed by atoms with E-state index in [0.717, 1.165) is 18.4 Å². The Kier molecular flexibility index (Phi) is 4.20. The molecule has 1 aliphatic carbocycles. The number of hydrogen-bond acceptors (Lipinski definition) is 4. The molecule has 0 unspecified atom stereocenters. The van der Waals surface area contributed by atoms with Gasteiger partial charge in [-0.05, 0) is 44.5 Å². The summed E-state index contributed by atoms with van der Waals surface area (Å²) in [6.45, 7) is 1.76. The van der Waals surface area contributed by atoms with Crippen LogP contribution < -0.4 is 10.1 Å². The van der Waals surface area contributed by atoms with E-state index < -0.39 is 10.0 Å². The zero-order valence-electron chi connectivity index (χ0n) is 11.4. The number of carbonyl (C=O) groups is 1. The molecule has 1 aliphatic rings. The van der Waals surface area contributed by atoms with Crippen LogP contribution in [0.2, 0.25) is 0 Å². The number of nitrogens with one attached hydrogen (secondary N) is 2. The van der Waals surface area contributed by atoms with Crippen molar-refractivity contribution < 1.29 is 13.2 Å². The minimum atomic E-state index is -3.43. The first-order valence-corrected chi connectivity index (χ1v) is 7.80. The Hall–Kier alpha value is -1.73. The van der Waals surface area contributed by atoms with Crippen LogP contribution in [0.4, 0.5) is 0 Å². The van der Waals surface area contributed by atoms with Crippen LogP contribution in [0.15, 0.2) is 34.3 Å². The topological polar surface area (TPSA) is 87.6 Å². The quantitative estimate of drug-likeness (QED) is 0.623. The van der Waals surface area contributed by atoms with E-state index in [4.69, 9.17) is 0 Å². The molecule has 20 heavy (non-hydrogen) atoms. The van der Waals surface area contributed by atoms with E-state index in [-0.39, 0.29) is 16.7 Å². The third-order valence-electron chi connectivity index (χ3n) is 3.13. The summed E-state index contributed by atoms with van der Waals surface area (Å²) < 4.78 is 25.4. The Bertz CT molecular complexity index is 631. The minimum Gasteiger partial charge on any atom is -0.273 e. The van der Waals surface area contributed by atoms with Gasteiger partial charge in [-0.15, -0.1) is 0 Å². The molecule has 0 atom stereocenters. The fourth-order valence-corrected chi connectivity index (χ4v) is 2.36. The van der Waals surface area contributed by atoms with Gasteiger partial charge in [-0.25, -0.2) is 18.6 Å². The summed E-state index contributed by atoms with van der Waals surface area (Å²) in [5.74, 6) is 0.0495. The molecule has 0 heterocycles. The van der Waals surface area contributed by atoms with Crippen LogP contribution in [0.3, 0.4) is 0 Å². The summed E-state index contributed by atoms with van der Waals surface area (Å²) in [6.07, 6.45) is 1.86. The summed E-state index contributed by atoms with van der Waals surface area (Å²) in [7, 11) is -2.06. The highest BCUT2D eigenvalue weighted by atomic mass is 32.2. The molecule has 0 aliphatic heterocycles. The molecule has 1 aromatic carbocycles. The zero-order chi connectivity index (χ0) is 14.8. The summed E-state index contributed by atoms with van der Waals surface area (Å²) in [5.41, 5.74) is 3.91. The fourth-order valence-electron chi connectivity index (χ4n) is 1.63. The van der Waals surface area contributed by atoms with Crippen LogP contribution >= 0.6 is 0 Å². The third-order valence-corrected chi connectivity index (χ3v) is 4.56. The molecule has 6 nitrogen and oxygen atoms in total. The van der Waals surface area contributed by atoms with Crippen LogP contribution in [0.1, 0.15) is 25.3 Å².